The van der Waals surface area contributed by atoms with Crippen LogP contribution in [0, 0.1) is 0 Å². The number of hydrogen-bond donors (Lipinski definition) is 1. The van der Waals surface area contributed by atoms with Crippen molar-refractivity contribution in [3.8, 4) is 0 Å². The van der Waals surface area contributed by atoms with E-state index >= 15 is 0 Å². The van der Waals surface area contributed by atoms with Crippen molar-refractivity contribution < 1.29 is 0 Å². The number of hydrogen-bond acceptors (Lipinski definition) is 2. The summed E-state index contributed by atoms with van der Waals surface area (Å²) in [6.45, 7) is 3.14. The Kier molecular flexibility index (Phi) is 5.05. The normalized spacial score (nSPS) is 10.3. The van der Waals surface area contributed by atoms with Crippen LogP contribution in [0.4, 0.5) is 11.4 Å². The molecule has 20 heavy (non-hydrogen) atoms. The van der Waals surface area contributed by atoms with E-state index in [1.165, 1.54) is 23.2 Å². The zero-order valence-corrected chi connectivity index (χ0v) is 12.7. The molecule has 0 atom stereocenters. The van der Waals surface area contributed by atoms with E-state index in [4.69, 9.17) is 0 Å². The van der Waals surface area contributed by atoms with Crippen LogP contribution in [-0.4, -0.2) is 14.1 Å². The first kappa shape index (κ1) is 14.4. The molecule has 2 heteroatoms. The smallest absolute Gasteiger partial charge is 0.0426 e. The maximum absolute atomic E-state index is 3.18. The first-order valence-electron chi connectivity index (χ1n) is 7.29. The second-order valence-electron chi connectivity index (χ2n) is 5.22. The SMILES string of the molecule is CCCc1ccc(N(C)Cc2cccc(NC)c2)cc1. The number of benzene rings is 2. The minimum atomic E-state index is 0.919. The Morgan fingerprint density at radius 1 is 1.00 bits per heavy atom. The lowest BCUT2D eigenvalue weighted by Gasteiger charge is -2.20. The van der Waals surface area contributed by atoms with E-state index in [0.717, 1.165) is 18.7 Å². The fourth-order valence-corrected chi connectivity index (χ4v) is 2.40. The van der Waals surface area contributed by atoms with Gasteiger partial charge >= 0.3 is 0 Å². The first-order valence-corrected chi connectivity index (χ1v) is 7.29. The van der Waals surface area contributed by atoms with Gasteiger partial charge in [-0.25, -0.2) is 0 Å². The molecule has 0 unspecified atom stereocenters. The topological polar surface area (TPSA) is 15.3 Å². The first-order chi connectivity index (χ1) is 9.72. The molecule has 106 valence electrons. The maximum atomic E-state index is 3.18. The molecule has 0 heterocycles. The highest BCUT2D eigenvalue weighted by atomic mass is 15.1. The average molecular weight is 268 g/mol. The van der Waals surface area contributed by atoms with Gasteiger partial charge in [0.1, 0.15) is 0 Å². The summed E-state index contributed by atoms with van der Waals surface area (Å²) >= 11 is 0. The third kappa shape index (κ3) is 3.77. The van der Waals surface area contributed by atoms with E-state index in [-0.39, 0.29) is 0 Å². The Balaban J connectivity index is 2.05. The fourth-order valence-electron chi connectivity index (χ4n) is 2.40. The van der Waals surface area contributed by atoms with Crippen molar-refractivity contribution in [3.63, 3.8) is 0 Å². The second kappa shape index (κ2) is 6.99. The molecule has 2 aromatic carbocycles. The van der Waals surface area contributed by atoms with Gasteiger partial charge < -0.3 is 10.2 Å². The van der Waals surface area contributed by atoms with Crippen LogP contribution < -0.4 is 10.2 Å². The quantitative estimate of drug-likeness (QED) is 0.839. The molecule has 0 amide bonds. The van der Waals surface area contributed by atoms with Crippen molar-refractivity contribution in [3.05, 3.63) is 59.7 Å². The molecule has 2 aromatic rings. The third-order valence-electron chi connectivity index (χ3n) is 3.55. The number of rotatable bonds is 6. The van der Waals surface area contributed by atoms with Crippen molar-refractivity contribution in [1.82, 2.24) is 0 Å². The summed E-state index contributed by atoms with van der Waals surface area (Å²) in [6, 6.07) is 17.5. The molecule has 0 bridgehead atoms. The highest BCUT2D eigenvalue weighted by molar-refractivity contribution is 5.50. The molecule has 2 nitrogen and oxygen atoms in total. The lowest BCUT2D eigenvalue weighted by Crippen LogP contribution is -2.16. The molecule has 0 aromatic heterocycles. The van der Waals surface area contributed by atoms with Gasteiger partial charge in [-0.15, -0.1) is 0 Å². The predicted octanol–water partition coefficient (Wildman–Crippen LogP) is 4.32. The molecule has 0 radical (unpaired) electrons. The zero-order valence-electron chi connectivity index (χ0n) is 12.7. The summed E-state index contributed by atoms with van der Waals surface area (Å²) in [5.74, 6) is 0. The van der Waals surface area contributed by atoms with E-state index < -0.39 is 0 Å². The van der Waals surface area contributed by atoms with Crippen LogP contribution in [0.2, 0.25) is 0 Å². The Labute approximate surface area is 122 Å². The summed E-state index contributed by atoms with van der Waals surface area (Å²) < 4.78 is 0. The van der Waals surface area contributed by atoms with Gasteiger partial charge in [-0.05, 0) is 41.8 Å². The van der Waals surface area contributed by atoms with Crippen LogP contribution in [0.15, 0.2) is 48.5 Å². The van der Waals surface area contributed by atoms with Crippen molar-refractivity contribution >= 4 is 11.4 Å². The van der Waals surface area contributed by atoms with Crippen LogP contribution in [0.25, 0.3) is 0 Å². The van der Waals surface area contributed by atoms with Crippen molar-refractivity contribution in [1.29, 1.82) is 0 Å². The molecule has 2 rings (SSSR count). The Hall–Kier alpha value is -1.96. The average Bonchev–Trinajstić information content (AvgIpc) is 2.48. The lowest BCUT2D eigenvalue weighted by atomic mass is 10.1. The molecular weight excluding hydrogens is 244 g/mol. The molecule has 1 N–H and O–H groups in total. The van der Waals surface area contributed by atoms with Gasteiger partial charge in [0.2, 0.25) is 0 Å². The maximum Gasteiger partial charge on any atom is 0.0426 e. The molecule has 0 aliphatic heterocycles. The largest absolute Gasteiger partial charge is 0.388 e. The highest BCUT2D eigenvalue weighted by Gasteiger charge is 2.03. The Bertz CT molecular complexity index is 531. The third-order valence-corrected chi connectivity index (χ3v) is 3.55. The Morgan fingerprint density at radius 3 is 2.40 bits per heavy atom. The number of aryl methyl sites for hydroxylation is 1. The van der Waals surface area contributed by atoms with Gasteiger partial charge in [-0.1, -0.05) is 37.6 Å². The standard InChI is InChI=1S/C18H24N2/c1-4-6-15-9-11-18(12-10-15)20(3)14-16-7-5-8-17(13-16)19-2/h5,7-13,19H,4,6,14H2,1-3H3. The number of nitrogens with zero attached hydrogens (tertiary/aromatic N) is 1. The van der Waals surface area contributed by atoms with Gasteiger partial charge in [0.15, 0.2) is 0 Å². The van der Waals surface area contributed by atoms with Crippen molar-refractivity contribution in [2.24, 2.45) is 0 Å². The van der Waals surface area contributed by atoms with E-state index in [1.54, 1.807) is 0 Å². The van der Waals surface area contributed by atoms with Crippen LogP contribution in [0.3, 0.4) is 0 Å². The highest BCUT2D eigenvalue weighted by Crippen LogP contribution is 2.18. The minimum absolute atomic E-state index is 0.919. The van der Waals surface area contributed by atoms with Crippen molar-refractivity contribution in [2.45, 2.75) is 26.3 Å². The minimum Gasteiger partial charge on any atom is -0.388 e. The van der Waals surface area contributed by atoms with Gasteiger partial charge in [0.25, 0.3) is 0 Å². The van der Waals surface area contributed by atoms with Crippen molar-refractivity contribution in [2.75, 3.05) is 24.3 Å². The molecule has 0 fully saturated rings. The zero-order chi connectivity index (χ0) is 14.4. The van der Waals surface area contributed by atoms with Gasteiger partial charge in [-0.3, -0.25) is 0 Å². The van der Waals surface area contributed by atoms with Crippen LogP contribution in [-0.2, 0) is 13.0 Å². The van der Waals surface area contributed by atoms with Crippen LogP contribution in [0.5, 0.6) is 0 Å². The number of nitrogens with one attached hydrogen (secondary N) is 1. The molecule has 0 aliphatic carbocycles. The van der Waals surface area contributed by atoms with Gasteiger partial charge in [-0.2, -0.15) is 0 Å². The Morgan fingerprint density at radius 2 is 1.75 bits per heavy atom. The summed E-state index contributed by atoms with van der Waals surface area (Å²) in [5, 5.41) is 3.18. The van der Waals surface area contributed by atoms with Crippen LogP contribution in [0.1, 0.15) is 24.5 Å². The van der Waals surface area contributed by atoms with E-state index in [2.05, 4.69) is 72.7 Å². The molecular formula is C18H24N2. The lowest BCUT2D eigenvalue weighted by molar-refractivity contribution is 0.908. The molecule has 0 saturated heterocycles. The molecule has 0 spiro atoms. The summed E-state index contributed by atoms with van der Waals surface area (Å²) in [4.78, 5) is 2.28. The number of anilines is 2. The van der Waals surface area contributed by atoms with E-state index in [1.807, 2.05) is 7.05 Å². The van der Waals surface area contributed by atoms with Gasteiger partial charge in [0, 0.05) is 32.0 Å². The van der Waals surface area contributed by atoms with E-state index in [0.29, 0.717) is 0 Å². The predicted molar refractivity (Wildman–Crippen MR) is 88.5 cm³/mol. The fraction of sp³-hybridized carbons (Fsp3) is 0.333. The second-order valence-corrected chi connectivity index (χ2v) is 5.22. The summed E-state index contributed by atoms with van der Waals surface area (Å²) in [6.07, 6.45) is 2.36. The monoisotopic (exact) mass is 268 g/mol. The summed E-state index contributed by atoms with van der Waals surface area (Å²) in [5.41, 5.74) is 5.16. The molecule has 0 aliphatic rings. The molecule has 0 saturated carbocycles. The van der Waals surface area contributed by atoms with Gasteiger partial charge in [0.05, 0.1) is 0 Å². The van der Waals surface area contributed by atoms with Crippen LogP contribution >= 0.6 is 0 Å². The summed E-state index contributed by atoms with van der Waals surface area (Å²) in [7, 11) is 4.09. The van der Waals surface area contributed by atoms with E-state index in [9.17, 15) is 0 Å².